The van der Waals surface area contributed by atoms with Gasteiger partial charge in [-0.1, -0.05) is 0 Å². The molecule has 6 heteroatoms. The van der Waals surface area contributed by atoms with E-state index in [0.717, 1.165) is 45.3 Å². The summed E-state index contributed by atoms with van der Waals surface area (Å²) in [6.07, 6.45) is 8.64. The fourth-order valence-electron chi connectivity index (χ4n) is 2.27. The zero-order chi connectivity index (χ0) is 14.2. The van der Waals surface area contributed by atoms with Crippen molar-refractivity contribution in [3.63, 3.8) is 0 Å². The zero-order valence-electron chi connectivity index (χ0n) is 11.6. The smallest absolute Gasteiger partial charge is 0.158 e. The molecule has 1 aromatic rings. The summed E-state index contributed by atoms with van der Waals surface area (Å²) in [5.41, 5.74) is 6.19. The van der Waals surface area contributed by atoms with Crippen LogP contribution in [0.2, 0.25) is 0 Å². The Kier molecular flexibility index (Phi) is 5.71. The minimum atomic E-state index is 0.328. The van der Waals surface area contributed by atoms with Crippen molar-refractivity contribution in [1.82, 2.24) is 9.97 Å². The van der Waals surface area contributed by atoms with E-state index in [0.29, 0.717) is 23.7 Å². The fraction of sp³-hybridized carbons (Fsp3) is 0.643. The van der Waals surface area contributed by atoms with Crippen molar-refractivity contribution < 1.29 is 4.74 Å². The molecule has 0 saturated heterocycles. The number of nitrogens with one attached hydrogen (secondary N) is 1. The first-order valence-electron chi connectivity index (χ1n) is 7.11. The summed E-state index contributed by atoms with van der Waals surface area (Å²) in [5.74, 6) is 0.688. The fourth-order valence-corrected chi connectivity index (χ4v) is 2.27. The molecule has 0 unspecified atom stereocenters. The quantitative estimate of drug-likeness (QED) is 0.762. The van der Waals surface area contributed by atoms with Crippen LogP contribution in [0.4, 0.5) is 5.82 Å². The average Bonchev–Trinajstić information content (AvgIpc) is 2.49. The first-order chi connectivity index (χ1) is 9.78. The number of nitriles is 1. The molecule has 0 spiro atoms. The average molecular weight is 275 g/mol. The molecule has 0 atom stereocenters. The summed E-state index contributed by atoms with van der Waals surface area (Å²) < 4.78 is 5.83. The summed E-state index contributed by atoms with van der Waals surface area (Å²) in [7, 11) is 0. The molecule has 0 bridgehead atoms. The Balaban J connectivity index is 1.56. The number of nitrogens with two attached hydrogens (primary N) is 1. The van der Waals surface area contributed by atoms with E-state index >= 15 is 0 Å². The topological polar surface area (TPSA) is 96.8 Å². The third-order valence-corrected chi connectivity index (χ3v) is 3.47. The SMILES string of the molecule is N#Cc1cnc(NCCCOC2CCC(N)CC2)cn1. The van der Waals surface area contributed by atoms with Crippen LogP contribution in [0.3, 0.4) is 0 Å². The van der Waals surface area contributed by atoms with Crippen LogP contribution < -0.4 is 11.1 Å². The van der Waals surface area contributed by atoms with E-state index < -0.39 is 0 Å². The second-order valence-electron chi connectivity index (χ2n) is 5.09. The van der Waals surface area contributed by atoms with Gasteiger partial charge in [0.25, 0.3) is 0 Å². The van der Waals surface area contributed by atoms with Gasteiger partial charge in [-0.2, -0.15) is 5.26 Å². The van der Waals surface area contributed by atoms with Gasteiger partial charge in [0.1, 0.15) is 11.9 Å². The number of anilines is 1. The standard InChI is InChI=1S/C14H21N5O/c15-8-12-9-19-14(10-18-12)17-6-1-7-20-13-4-2-11(16)3-5-13/h9-11,13H,1-7,16H2,(H,17,19). The van der Waals surface area contributed by atoms with E-state index in [1.54, 1.807) is 6.20 Å². The number of nitrogens with zero attached hydrogens (tertiary/aromatic N) is 3. The molecule has 0 radical (unpaired) electrons. The lowest BCUT2D eigenvalue weighted by atomic mass is 9.94. The highest BCUT2D eigenvalue weighted by molar-refractivity contribution is 5.32. The van der Waals surface area contributed by atoms with Gasteiger partial charge in [0.15, 0.2) is 5.69 Å². The molecule has 0 aromatic carbocycles. The van der Waals surface area contributed by atoms with Gasteiger partial charge in [-0.3, -0.25) is 0 Å². The summed E-state index contributed by atoms with van der Waals surface area (Å²) in [4.78, 5) is 8.04. The van der Waals surface area contributed by atoms with Crippen LogP contribution in [0.25, 0.3) is 0 Å². The molecular formula is C14H21N5O. The second kappa shape index (κ2) is 7.78. The Morgan fingerprint density at radius 2 is 2.10 bits per heavy atom. The largest absolute Gasteiger partial charge is 0.378 e. The van der Waals surface area contributed by atoms with Gasteiger partial charge in [0, 0.05) is 19.2 Å². The van der Waals surface area contributed by atoms with Gasteiger partial charge in [0.2, 0.25) is 0 Å². The van der Waals surface area contributed by atoms with Gasteiger partial charge in [-0.05, 0) is 32.1 Å². The minimum Gasteiger partial charge on any atom is -0.378 e. The van der Waals surface area contributed by atoms with Crippen molar-refractivity contribution in [3.8, 4) is 6.07 Å². The van der Waals surface area contributed by atoms with Crippen molar-refractivity contribution in [2.75, 3.05) is 18.5 Å². The lowest BCUT2D eigenvalue weighted by Crippen LogP contribution is -2.30. The van der Waals surface area contributed by atoms with E-state index in [1.807, 2.05) is 6.07 Å². The van der Waals surface area contributed by atoms with Crippen LogP contribution in [-0.2, 0) is 4.74 Å². The summed E-state index contributed by atoms with van der Waals surface area (Å²) >= 11 is 0. The number of hydrogen-bond donors (Lipinski definition) is 2. The minimum absolute atomic E-state index is 0.328. The van der Waals surface area contributed by atoms with Gasteiger partial charge < -0.3 is 15.8 Å². The Morgan fingerprint density at radius 3 is 2.75 bits per heavy atom. The van der Waals surface area contributed by atoms with Gasteiger partial charge in [0.05, 0.1) is 18.5 Å². The number of rotatable bonds is 6. The van der Waals surface area contributed by atoms with Crippen molar-refractivity contribution in [2.45, 2.75) is 44.2 Å². The molecule has 0 aliphatic heterocycles. The van der Waals surface area contributed by atoms with E-state index in [-0.39, 0.29) is 0 Å². The Hall–Kier alpha value is -1.71. The van der Waals surface area contributed by atoms with E-state index in [9.17, 15) is 0 Å². The maximum atomic E-state index is 8.62. The summed E-state index contributed by atoms with van der Waals surface area (Å²) in [6.45, 7) is 1.53. The van der Waals surface area contributed by atoms with Crippen LogP contribution in [0.15, 0.2) is 12.4 Å². The predicted molar refractivity (Wildman–Crippen MR) is 76.0 cm³/mol. The first kappa shape index (κ1) is 14.7. The third-order valence-electron chi connectivity index (χ3n) is 3.47. The maximum absolute atomic E-state index is 8.62. The van der Waals surface area contributed by atoms with Crippen molar-refractivity contribution >= 4 is 5.82 Å². The Bertz CT molecular complexity index is 434. The lowest BCUT2D eigenvalue weighted by Gasteiger charge is -2.26. The molecule has 1 saturated carbocycles. The zero-order valence-corrected chi connectivity index (χ0v) is 11.6. The van der Waals surface area contributed by atoms with E-state index in [4.69, 9.17) is 15.7 Å². The molecule has 1 aromatic heterocycles. The summed E-state index contributed by atoms with van der Waals surface area (Å²) in [5, 5.41) is 11.8. The molecule has 1 aliphatic carbocycles. The van der Waals surface area contributed by atoms with E-state index in [1.165, 1.54) is 6.20 Å². The molecular weight excluding hydrogens is 254 g/mol. The second-order valence-corrected chi connectivity index (χ2v) is 5.09. The number of ether oxygens (including phenoxy) is 1. The highest BCUT2D eigenvalue weighted by Crippen LogP contribution is 2.19. The van der Waals surface area contributed by atoms with Crippen molar-refractivity contribution in [1.29, 1.82) is 5.26 Å². The molecule has 1 heterocycles. The maximum Gasteiger partial charge on any atom is 0.158 e. The van der Waals surface area contributed by atoms with E-state index in [2.05, 4.69) is 15.3 Å². The summed E-state index contributed by atoms with van der Waals surface area (Å²) in [6, 6.07) is 2.31. The Labute approximate surface area is 119 Å². The number of aromatic nitrogens is 2. The Morgan fingerprint density at radius 1 is 1.30 bits per heavy atom. The highest BCUT2D eigenvalue weighted by Gasteiger charge is 2.18. The molecule has 108 valence electrons. The van der Waals surface area contributed by atoms with Crippen LogP contribution in [0.5, 0.6) is 0 Å². The highest BCUT2D eigenvalue weighted by atomic mass is 16.5. The monoisotopic (exact) mass is 275 g/mol. The van der Waals surface area contributed by atoms with Crippen molar-refractivity contribution in [3.05, 3.63) is 18.1 Å². The van der Waals surface area contributed by atoms with Crippen LogP contribution in [0, 0.1) is 11.3 Å². The molecule has 0 amide bonds. The molecule has 3 N–H and O–H groups in total. The van der Waals surface area contributed by atoms with Crippen LogP contribution in [0.1, 0.15) is 37.8 Å². The first-order valence-corrected chi connectivity index (χ1v) is 7.11. The molecule has 1 aliphatic rings. The molecule has 1 fully saturated rings. The van der Waals surface area contributed by atoms with Gasteiger partial charge >= 0.3 is 0 Å². The molecule has 6 nitrogen and oxygen atoms in total. The van der Waals surface area contributed by atoms with Gasteiger partial charge in [-0.15, -0.1) is 0 Å². The van der Waals surface area contributed by atoms with Gasteiger partial charge in [-0.25, -0.2) is 9.97 Å². The molecule has 2 rings (SSSR count). The van der Waals surface area contributed by atoms with Crippen LogP contribution >= 0.6 is 0 Å². The van der Waals surface area contributed by atoms with Crippen LogP contribution in [-0.4, -0.2) is 35.3 Å². The predicted octanol–water partition coefficient (Wildman–Crippen LogP) is 1.44. The van der Waals surface area contributed by atoms with Crippen molar-refractivity contribution in [2.24, 2.45) is 5.73 Å². The molecule has 20 heavy (non-hydrogen) atoms. The third kappa shape index (κ3) is 4.76. The normalized spacial score (nSPS) is 22.2. The number of hydrogen-bond acceptors (Lipinski definition) is 6. The lowest BCUT2D eigenvalue weighted by molar-refractivity contribution is 0.0251.